The number of fused-ring (bicyclic) bond motifs is 1. The van der Waals surface area contributed by atoms with Crippen molar-refractivity contribution in [1.82, 2.24) is 4.98 Å². The normalized spacial score (nSPS) is 22.6. The Balaban J connectivity index is 1.64. The number of anilines is 2. The van der Waals surface area contributed by atoms with Crippen molar-refractivity contribution in [2.75, 3.05) is 17.6 Å². The van der Waals surface area contributed by atoms with Crippen LogP contribution in [0.1, 0.15) is 44.0 Å². The van der Waals surface area contributed by atoms with Crippen molar-refractivity contribution in [2.24, 2.45) is 11.8 Å². The first-order valence-corrected chi connectivity index (χ1v) is 8.88. The summed E-state index contributed by atoms with van der Waals surface area (Å²) in [7, 11) is 0. The second kappa shape index (κ2) is 6.22. The van der Waals surface area contributed by atoms with Crippen molar-refractivity contribution in [1.29, 1.82) is 0 Å². The van der Waals surface area contributed by atoms with Gasteiger partial charge in [-0.1, -0.05) is 26.2 Å². The first-order chi connectivity index (χ1) is 10.2. The molecule has 3 nitrogen and oxygen atoms in total. The molecule has 0 spiro atoms. The van der Waals surface area contributed by atoms with E-state index in [9.17, 15) is 0 Å². The Morgan fingerprint density at radius 1 is 1.24 bits per heavy atom. The van der Waals surface area contributed by atoms with Gasteiger partial charge in [-0.2, -0.15) is 0 Å². The van der Waals surface area contributed by atoms with Crippen LogP contribution in [0.2, 0.25) is 0 Å². The molecule has 1 saturated carbocycles. The van der Waals surface area contributed by atoms with Gasteiger partial charge in [-0.15, -0.1) is 11.3 Å². The van der Waals surface area contributed by atoms with Gasteiger partial charge in [-0.25, -0.2) is 4.98 Å². The summed E-state index contributed by atoms with van der Waals surface area (Å²) >= 11 is 1.70. The zero-order valence-corrected chi connectivity index (χ0v) is 13.8. The van der Waals surface area contributed by atoms with Gasteiger partial charge in [0.2, 0.25) is 0 Å². The van der Waals surface area contributed by atoms with Crippen LogP contribution in [0.15, 0.2) is 12.1 Å². The van der Waals surface area contributed by atoms with Gasteiger partial charge in [-0.3, -0.25) is 0 Å². The number of aromatic nitrogens is 1. The Kier molecular flexibility index (Phi) is 4.34. The van der Waals surface area contributed by atoms with Crippen LogP contribution in [0.25, 0.3) is 10.2 Å². The Labute approximate surface area is 131 Å². The molecule has 1 aliphatic carbocycles. The van der Waals surface area contributed by atoms with E-state index in [1.165, 1.54) is 36.8 Å². The van der Waals surface area contributed by atoms with Crippen LogP contribution in [0, 0.1) is 18.8 Å². The van der Waals surface area contributed by atoms with Crippen LogP contribution in [-0.4, -0.2) is 11.5 Å². The van der Waals surface area contributed by atoms with Gasteiger partial charge in [-0.05, 0) is 43.7 Å². The van der Waals surface area contributed by atoms with Gasteiger partial charge in [0.1, 0.15) is 0 Å². The molecule has 0 atom stereocenters. The summed E-state index contributed by atoms with van der Waals surface area (Å²) in [6.45, 7) is 5.39. The molecule has 0 saturated heterocycles. The van der Waals surface area contributed by atoms with Gasteiger partial charge in [0.15, 0.2) is 0 Å². The molecule has 4 heteroatoms. The van der Waals surface area contributed by atoms with Gasteiger partial charge < -0.3 is 11.1 Å². The maximum atomic E-state index is 6.17. The summed E-state index contributed by atoms with van der Waals surface area (Å²) in [5.41, 5.74) is 9.12. The number of hydrogen-bond donors (Lipinski definition) is 2. The molecule has 1 aliphatic rings. The molecule has 3 rings (SSSR count). The van der Waals surface area contributed by atoms with Crippen molar-refractivity contribution in [3.63, 3.8) is 0 Å². The Bertz CT molecular complexity index is 612. The number of nitrogens with two attached hydrogens (primary N) is 1. The molecule has 1 aromatic heterocycles. The lowest BCUT2D eigenvalue weighted by Gasteiger charge is -2.28. The summed E-state index contributed by atoms with van der Waals surface area (Å²) in [5, 5.41) is 4.65. The van der Waals surface area contributed by atoms with Crippen molar-refractivity contribution in [2.45, 2.75) is 46.0 Å². The summed E-state index contributed by atoms with van der Waals surface area (Å²) < 4.78 is 1.18. The number of nitrogens with zero attached hydrogens (tertiary/aromatic N) is 1. The van der Waals surface area contributed by atoms with Gasteiger partial charge >= 0.3 is 0 Å². The zero-order chi connectivity index (χ0) is 14.8. The monoisotopic (exact) mass is 303 g/mol. The van der Waals surface area contributed by atoms with E-state index < -0.39 is 0 Å². The molecule has 21 heavy (non-hydrogen) atoms. The standard InChI is InChI=1S/C17H25N3S/c1-3-12-4-6-13(7-5-12)10-19-15-9-16-17(8-14(15)18)21-11(2)20-16/h8-9,12-13,19H,3-7,10,18H2,1-2H3. The molecular weight excluding hydrogens is 278 g/mol. The van der Waals surface area contributed by atoms with Gasteiger partial charge in [0.25, 0.3) is 0 Å². The lowest BCUT2D eigenvalue weighted by Crippen LogP contribution is -2.21. The lowest BCUT2D eigenvalue weighted by molar-refractivity contribution is 0.278. The van der Waals surface area contributed by atoms with Gasteiger partial charge in [0.05, 0.1) is 26.6 Å². The quantitative estimate of drug-likeness (QED) is 0.796. The number of hydrogen-bond acceptors (Lipinski definition) is 4. The Hall–Kier alpha value is -1.29. The topological polar surface area (TPSA) is 50.9 Å². The predicted octanol–water partition coefficient (Wildman–Crippen LogP) is 4.82. The SMILES string of the molecule is CCC1CCC(CNc2cc3nc(C)sc3cc2N)CC1. The van der Waals surface area contributed by atoms with E-state index in [4.69, 9.17) is 5.73 Å². The molecule has 0 amide bonds. The Morgan fingerprint density at radius 3 is 2.67 bits per heavy atom. The van der Waals surface area contributed by atoms with Crippen LogP contribution < -0.4 is 11.1 Å². The number of nitrogen functional groups attached to an aromatic ring is 1. The highest BCUT2D eigenvalue weighted by Crippen LogP contribution is 2.33. The van der Waals surface area contributed by atoms with Crippen molar-refractivity contribution < 1.29 is 0 Å². The molecule has 1 aromatic carbocycles. The number of aryl methyl sites for hydroxylation is 1. The first-order valence-electron chi connectivity index (χ1n) is 8.06. The molecule has 0 bridgehead atoms. The van der Waals surface area contributed by atoms with E-state index >= 15 is 0 Å². The third kappa shape index (κ3) is 3.31. The minimum absolute atomic E-state index is 0.792. The number of thiazole rings is 1. The molecule has 1 fully saturated rings. The molecule has 0 unspecified atom stereocenters. The first kappa shape index (κ1) is 14.6. The summed E-state index contributed by atoms with van der Waals surface area (Å²) in [4.78, 5) is 4.55. The average molecular weight is 303 g/mol. The highest BCUT2D eigenvalue weighted by atomic mass is 32.1. The molecule has 0 radical (unpaired) electrons. The molecule has 3 N–H and O–H groups in total. The highest BCUT2D eigenvalue weighted by Gasteiger charge is 2.20. The summed E-state index contributed by atoms with van der Waals surface area (Å²) in [5.74, 6) is 1.75. The molecule has 0 aliphatic heterocycles. The molecular formula is C17H25N3S. The third-order valence-electron chi connectivity index (χ3n) is 4.79. The molecule has 2 aromatic rings. The van der Waals surface area contributed by atoms with E-state index in [0.717, 1.165) is 40.3 Å². The van der Waals surface area contributed by atoms with Crippen molar-refractivity contribution in [3.05, 3.63) is 17.1 Å². The maximum absolute atomic E-state index is 6.17. The van der Waals surface area contributed by atoms with E-state index in [1.54, 1.807) is 11.3 Å². The van der Waals surface area contributed by atoms with Crippen molar-refractivity contribution in [3.8, 4) is 0 Å². The van der Waals surface area contributed by atoms with E-state index in [0.29, 0.717) is 0 Å². The summed E-state index contributed by atoms with van der Waals surface area (Å²) in [6, 6.07) is 4.15. The zero-order valence-electron chi connectivity index (χ0n) is 13.0. The minimum Gasteiger partial charge on any atom is -0.397 e. The number of benzene rings is 1. The number of nitrogens with one attached hydrogen (secondary N) is 1. The summed E-state index contributed by atoms with van der Waals surface area (Å²) in [6.07, 6.45) is 6.82. The minimum atomic E-state index is 0.792. The van der Waals surface area contributed by atoms with Crippen LogP contribution >= 0.6 is 11.3 Å². The molecule has 1 heterocycles. The maximum Gasteiger partial charge on any atom is 0.0907 e. The van der Waals surface area contributed by atoms with E-state index in [-0.39, 0.29) is 0 Å². The fourth-order valence-corrected chi connectivity index (χ4v) is 4.21. The third-order valence-corrected chi connectivity index (χ3v) is 5.73. The van der Waals surface area contributed by atoms with Crippen LogP contribution in [0.4, 0.5) is 11.4 Å². The average Bonchev–Trinajstić information content (AvgIpc) is 2.84. The molecule has 114 valence electrons. The lowest BCUT2D eigenvalue weighted by atomic mass is 9.81. The highest BCUT2D eigenvalue weighted by molar-refractivity contribution is 7.18. The fraction of sp³-hybridized carbons (Fsp3) is 0.588. The van der Waals surface area contributed by atoms with Crippen LogP contribution in [0.5, 0.6) is 0 Å². The smallest absolute Gasteiger partial charge is 0.0907 e. The van der Waals surface area contributed by atoms with E-state index in [2.05, 4.69) is 29.4 Å². The Morgan fingerprint density at radius 2 is 1.95 bits per heavy atom. The van der Waals surface area contributed by atoms with Crippen molar-refractivity contribution >= 4 is 32.9 Å². The second-order valence-corrected chi connectivity index (χ2v) is 7.55. The van der Waals surface area contributed by atoms with E-state index in [1.807, 2.05) is 6.92 Å². The van der Waals surface area contributed by atoms with Crippen LogP contribution in [0.3, 0.4) is 0 Å². The van der Waals surface area contributed by atoms with Gasteiger partial charge in [0, 0.05) is 6.54 Å². The second-order valence-electron chi connectivity index (χ2n) is 6.32. The van der Waals surface area contributed by atoms with Crippen LogP contribution in [-0.2, 0) is 0 Å². The predicted molar refractivity (Wildman–Crippen MR) is 93.0 cm³/mol. The number of rotatable bonds is 4. The fourth-order valence-electron chi connectivity index (χ4n) is 3.36. The largest absolute Gasteiger partial charge is 0.397 e.